The van der Waals surface area contributed by atoms with Crippen molar-refractivity contribution < 1.29 is 14.3 Å². The van der Waals surface area contributed by atoms with E-state index in [9.17, 15) is 4.79 Å². The lowest BCUT2D eigenvalue weighted by Gasteiger charge is -2.14. The average molecular weight is 292 g/mol. The lowest BCUT2D eigenvalue weighted by Crippen LogP contribution is -2.35. The summed E-state index contributed by atoms with van der Waals surface area (Å²) in [7, 11) is 0. The first kappa shape index (κ1) is 15.8. The van der Waals surface area contributed by atoms with Crippen LogP contribution in [-0.4, -0.2) is 31.3 Å². The van der Waals surface area contributed by atoms with Crippen LogP contribution in [0.25, 0.3) is 0 Å². The molecule has 2 unspecified atom stereocenters. The van der Waals surface area contributed by atoms with E-state index in [-0.39, 0.29) is 12.0 Å². The van der Waals surface area contributed by atoms with E-state index in [1.54, 1.807) is 0 Å². The molecule has 1 aliphatic rings. The second kappa shape index (κ2) is 8.00. The molecule has 1 heterocycles. The van der Waals surface area contributed by atoms with Crippen LogP contribution >= 0.6 is 0 Å². The Morgan fingerprint density at radius 2 is 2.43 bits per heavy atom. The van der Waals surface area contributed by atoms with Crippen LogP contribution in [0.2, 0.25) is 0 Å². The predicted molar refractivity (Wildman–Crippen MR) is 82.4 cm³/mol. The molecule has 1 amide bonds. The first-order valence-electron chi connectivity index (χ1n) is 7.60. The van der Waals surface area contributed by atoms with Crippen LogP contribution in [0.1, 0.15) is 32.6 Å². The van der Waals surface area contributed by atoms with E-state index in [1.165, 1.54) is 0 Å². The Kier molecular flexibility index (Phi) is 6.02. The molecular weight excluding hydrogens is 268 g/mol. The minimum Gasteiger partial charge on any atom is -0.491 e. The summed E-state index contributed by atoms with van der Waals surface area (Å²) in [5.74, 6) is 0.570. The molecule has 0 spiro atoms. The summed E-state index contributed by atoms with van der Waals surface area (Å²) in [4.78, 5) is 11.9. The topological polar surface area (TPSA) is 73.6 Å². The molecule has 5 heteroatoms. The van der Waals surface area contributed by atoms with E-state index in [0.29, 0.717) is 18.7 Å². The van der Waals surface area contributed by atoms with Crippen molar-refractivity contribution in [1.29, 1.82) is 0 Å². The van der Waals surface area contributed by atoms with Gasteiger partial charge < -0.3 is 20.5 Å². The number of anilines is 1. The Balaban J connectivity index is 1.86. The molecule has 0 bridgehead atoms. The maximum atomic E-state index is 11.9. The van der Waals surface area contributed by atoms with Gasteiger partial charge in [-0.1, -0.05) is 19.4 Å². The summed E-state index contributed by atoms with van der Waals surface area (Å²) in [6, 6.07) is 6.90. The summed E-state index contributed by atoms with van der Waals surface area (Å²) >= 11 is 0. The molecule has 21 heavy (non-hydrogen) atoms. The van der Waals surface area contributed by atoms with E-state index in [1.807, 2.05) is 31.2 Å². The highest BCUT2D eigenvalue weighted by molar-refractivity contribution is 5.94. The number of carbonyl (C=O) groups excluding carboxylic acids is 1. The Morgan fingerprint density at radius 1 is 1.57 bits per heavy atom. The van der Waals surface area contributed by atoms with Gasteiger partial charge in [-0.05, 0) is 31.4 Å². The first-order chi connectivity index (χ1) is 10.2. The highest BCUT2D eigenvalue weighted by atomic mass is 16.5. The van der Waals surface area contributed by atoms with Crippen molar-refractivity contribution >= 4 is 11.6 Å². The number of hydrogen-bond acceptors (Lipinski definition) is 4. The van der Waals surface area contributed by atoms with Crippen LogP contribution in [0.15, 0.2) is 24.3 Å². The molecule has 116 valence electrons. The molecule has 1 aromatic rings. The van der Waals surface area contributed by atoms with E-state index in [2.05, 4.69) is 5.32 Å². The zero-order valence-corrected chi connectivity index (χ0v) is 12.5. The zero-order valence-electron chi connectivity index (χ0n) is 12.5. The smallest absolute Gasteiger partial charge is 0.241 e. The molecule has 1 fully saturated rings. The number of amides is 1. The van der Waals surface area contributed by atoms with Gasteiger partial charge in [0.05, 0.1) is 12.1 Å². The Labute approximate surface area is 125 Å². The van der Waals surface area contributed by atoms with Gasteiger partial charge in [-0.2, -0.15) is 0 Å². The number of nitrogens with two attached hydrogens (primary N) is 1. The van der Waals surface area contributed by atoms with E-state index in [0.717, 1.165) is 31.6 Å². The third-order valence-electron chi connectivity index (χ3n) is 3.50. The number of benzene rings is 1. The van der Waals surface area contributed by atoms with Gasteiger partial charge in [0.1, 0.15) is 12.4 Å². The predicted octanol–water partition coefficient (Wildman–Crippen LogP) is 2.31. The number of rotatable bonds is 7. The maximum absolute atomic E-state index is 11.9. The summed E-state index contributed by atoms with van der Waals surface area (Å²) in [5, 5.41) is 2.82. The maximum Gasteiger partial charge on any atom is 0.241 e. The molecule has 1 aromatic carbocycles. The van der Waals surface area contributed by atoms with Crippen molar-refractivity contribution in [2.45, 2.75) is 44.8 Å². The summed E-state index contributed by atoms with van der Waals surface area (Å²) < 4.78 is 11.2. The van der Waals surface area contributed by atoms with Crippen LogP contribution in [-0.2, 0) is 9.53 Å². The SMILES string of the molecule is CCCC(N)C(=O)Nc1cccc(OCC2CCCO2)c1. The van der Waals surface area contributed by atoms with Gasteiger partial charge in [0.25, 0.3) is 0 Å². The van der Waals surface area contributed by atoms with Crippen molar-refractivity contribution in [3.8, 4) is 5.75 Å². The van der Waals surface area contributed by atoms with Gasteiger partial charge in [-0.25, -0.2) is 0 Å². The van der Waals surface area contributed by atoms with Crippen molar-refractivity contribution in [1.82, 2.24) is 0 Å². The molecule has 0 saturated carbocycles. The van der Waals surface area contributed by atoms with Crippen LogP contribution in [0, 0.1) is 0 Å². The standard InChI is InChI=1S/C16H24N2O3/c1-2-5-15(17)16(19)18-12-6-3-7-13(10-12)21-11-14-8-4-9-20-14/h3,6-7,10,14-15H,2,4-5,8-9,11,17H2,1H3,(H,18,19). The summed E-state index contributed by atoms with van der Waals surface area (Å²) in [6.45, 7) is 3.37. The fourth-order valence-electron chi connectivity index (χ4n) is 2.31. The fraction of sp³-hybridized carbons (Fsp3) is 0.562. The number of carbonyl (C=O) groups is 1. The van der Waals surface area contributed by atoms with Crippen molar-refractivity contribution in [2.75, 3.05) is 18.5 Å². The molecule has 5 nitrogen and oxygen atoms in total. The molecule has 1 aliphatic heterocycles. The molecule has 0 radical (unpaired) electrons. The third kappa shape index (κ3) is 5.02. The molecule has 1 saturated heterocycles. The van der Waals surface area contributed by atoms with Crippen LogP contribution in [0.3, 0.4) is 0 Å². The van der Waals surface area contributed by atoms with Gasteiger partial charge in [0, 0.05) is 18.4 Å². The molecule has 0 aliphatic carbocycles. The summed E-state index contributed by atoms with van der Waals surface area (Å²) in [5.41, 5.74) is 6.50. The minimum atomic E-state index is -0.466. The van der Waals surface area contributed by atoms with Gasteiger partial charge >= 0.3 is 0 Å². The van der Waals surface area contributed by atoms with Crippen LogP contribution < -0.4 is 15.8 Å². The Bertz CT molecular complexity index is 459. The lowest BCUT2D eigenvalue weighted by atomic mass is 10.1. The van der Waals surface area contributed by atoms with Crippen LogP contribution in [0.5, 0.6) is 5.75 Å². The van der Waals surface area contributed by atoms with Crippen molar-refractivity contribution in [2.24, 2.45) is 5.73 Å². The minimum absolute atomic E-state index is 0.159. The molecule has 2 rings (SSSR count). The second-order valence-electron chi connectivity index (χ2n) is 5.36. The first-order valence-corrected chi connectivity index (χ1v) is 7.60. The second-order valence-corrected chi connectivity index (χ2v) is 5.36. The van der Waals surface area contributed by atoms with Gasteiger partial charge in [0.2, 0.25) is 5.91 Å². The van der Waals surface area contributed by atoms with Gasteiger partial charge in [-0.15, -0.1) is 0 Å². The Morgan fingerprint density at radius 3 is 3.14 bits per heavy atom. The number of ether oxygens (including phenoxy) is 2. The molecule has 0 aromatic heterocycles. The van der Waals surface area contributed by atoms with Crippen LogP contribution in [0.4, 0.5) is 5.69 Å². The molecule has 2 atom stereocenters. The highest BCUT2D eigenvalue weighted by Crippen LogP contribution is 2.20. The molecule has 3 N–H and O–H groups in total. The normalized spacial score (nSPS) is 19.2. The third-order valence-corrected chi connectivity index (χ3v) is 3.50. The quantitative estimate of drug-likeness (QED) is 0.809. The Hall–Kier alpha value is -1.59. The van der Waals surface area contributed by atoms with Crippen molar-refractivity contribution in [3.63, 3.8) is 0 Å². The van der Waals surface area contributed by atoms with Gasteiger partial charge in [0.15, 0.2) is 0 Å². The summed E-state index contributed by atoms with van der Waals surface area (Å²) in [6.07, 6.45) is 3.89. The molecular formula is C16H24N2O3. The lowest BCUT2D eigenvalue weighted by molar-refractivity contribution is -0.117. The monoisotopic (exact) mass is 292 g/mol. The number of hydrogen-bond donors (Lipinski definition) is 2. The zero-order chi connectivity index (χ0) is 15.1. The highest BCUT2D eigenvalue weighted by Gasteiger charge is 2.16. The van der Waals surface area contributed by atoms with E-state index < -0.39 is 6.04 Å². The average Bonchev–Trinajstić information content (AvgIpc) is 2.99. The fourth-order valence-corrected chi connectivity index (χ4v) is 2.31. The van der Waals surface area contributed by atoms with E-state index in [4.69, 9.17) is 15.2 Å². The largest absolute Gasteiger partial charge is 0.491 e. The van der Waals surface area contributed by atoms with Crippen molar-refractivity contribution in [3.05, 3.63) is 24.3 Å². The van der Waals surface area contributed by atoms with E-state index >= 15 is 0 Å². The number of nitrogens with one attached hydrogen (secondary N) is 1. The van der Waals surface area contributed by atoms with Gasteiger partial charge in [-0.3, -0.25) is 4.79 Å².